The molecule has 1 heterocycles. The van der Waals surface area contributed by atoms with Crippen molar-refractivity contribution in [2.45, 2.75) is 13.0 Å². The zero-order valence-corrected chi connectivity index (χ0v) is 11.1. The second-order valence-corrected chi connectivity index (χ2v) is 4.16. The Bertz CT molecular complexity index is 531. The van der Waals surface area contributed by atoms with Gasteiger partial charge in [-0.25, -0.2) is 4.39 Å². The maximum Gasteiger partial charge on any atom is 0.124 e. The van der Waals surface area contributed by atoms with Crippen LogP contribution in [0.3, 0.4) is 0 Å². The molecule has 0 amide bonds. The first-order valence-electron chi connectivity index (χ1n) is 6.23. The van der Waals surface area contributed by atoms with Crippen LogP contribution in [0.1, 0.15) is 24.1 Å². The molecule has 1 aromatic heterocycles. The molecule has 1 atom stereocenters. The second-order valence-electron chi connectivity index (χ2n) is 4.16. The summed E-state index contributed by atoms with van der Waals surface area (Å²) in [6, 6.07) is 8.24. The zero-order valence-electron chi connectivity index (χ0n) is 11.1. The fourth-order valence-corrected chi connectivity index (χ4v) is 2.09. The van der Waals surface area contributed by atoms with Gasteiger partial charge >= 0.3 is 0 Å². The van der Waals surface area contributed by atoms with Gasteiger partial charge in [0.25, 0.3) is 0 Å². The van der Waals surface area contributed by atoms with Gasteiger partial charge in [-0.2, -0.15) is 0 Å². The Hall–Kier alpha value is -1.94. The minimum atomic E-state index is -0.275. The summed E-state index contributed by atoms with van der Waals surface area (Å²) in [6.45, 7) is 2.77. The lowest BCUT2D eigenvalue weighted by Gasteiger charge is -2.21. The Morgan fingerprint density at radius 1 is 1.37 bits per heavy atom. The number of rotatable bonds is 5. The maximum absolute atomic E-state index is 13.5. The summed E-state index contributed by atoms with van der Waals surface area (Å²) in [5.41, 5.74) is 1.76. The van der Waals surface area contributed by atoms with E-state index in [4.69, 9.17) is 4.74 Å². The summed E-state index contributed by atoms with van der Waals surface area (Å²) in [5, 5.41) is 3.33. The summed E-state index contributed by atoms with van der Waals surface area (Å²) in [6.07, 6.45) is 3.49. The van der Waals surface area contributed by atoms with E-state index in [-0.39, 0.29) is 11.9 Å². The molecule has 0 radical (unpaired) electrons. The van der Waals surface area contributed by atoms with Crippen LogP contribution in [0.25, 0.3) is 0 Å². The Kier molecular flexibility index (Phi) is 4.47. The molecule has 3 nitrogen and oxygen atoms in total. The lowest BCUT2D eigenvalue weighted by Crippen LogP contribution is -2.22. The van der Waals surface area contributed by atoms with Gasteiger partial charge < -0.3 is 10.1 Å². The van der Waals surface area contributed by atoms with E-state index in [1.165, 1.54) is 12.1 Å². The SMILES string of the molecule is CCNC(c1cccnc1)c1cc(F)ccc1OC. The molecule has 0 aliphatic carbocycles. The average Bonchev–Trinajstić information content (AvgIpc) is 2.45. The third-order valence-electron chi connectivity index (χ3n) is 2.93. The molecular weight excluding hydrogens is 243 g/mol. The van der Waals surface area contributed by atoms with Gasteiger partial charge in [0, 0.05) is 18.0 Å². The van der Waals surface area contributed by atoms with Crippen LogP contribution in [0.2, 0.25) is 0 Å². The van der Waals surface area contributed by atoms with Crippen molar-refractivity contribution in [2.75, 3.05) is 13.7 Å². The molecule has 2 rings (SSSR count). The Morgan fingerprint density at radius 3 is 2.84 bits per heavy atom. The molecule has 0 saturated heterocycles. The van der Waals surface area contributed by atoms with Crippen LogP contribution in [-0.2, 0) is 0 Å². The normalized spacial score (nSPS) is 12.2. The van der Waals surface area contributed by atoms with Crippen LogP contribution in [0.5, 0.6) is 5.75 Å². The third-order valence-corrected chi connectivity index (χ3v) is 2.93. The van der Waals surface area contributed by atoms with Crippen LogP contribution >= 0.6 is 0 Å². The van der Waals surface area contributed by atoms with Gasteiger partial charge in [0.15, 0.2) is 0 Å². The summed E-state index contributed by atoms with van der Waals surface area (Å²) in [5.74, 6) is 0.388. The number of methoxy groups -OCH3 is 1. The maximum atomic E-state index is 13.5. The number of nitrogens with one attached hydrogen (secondary N) is 1. The summed E-state index contributed by atoms with van der Waals surface area (Å²) >= 11 is 0. The van der Waals surface area contributed by atoms with Gasteiger partial charge in [0.1, 0.15) is 11.6 Å². The number of hydrogen-bond donors (Lipinski definition) is 1. The molecule has 0 saturated carbocycles. The van der Waals surface area contributed by atoms with Crippen LogP contribution in [0, 0.1) is 5.82 Å². The molecule has 4 heteroatoms. The molecule has 0 fully saturated rings. The average molecular weight is 260 g/mol. The lowest BCUT2D eigenvalue weighted by molar-refractivity contribution is 0.402. The molecule has 100 valence electrons. The van der Waals surface area contributed by atoms with Gasteiger partial charge in [0.05, 0.1) is 13.2 Å². The van der Waals surface area contributed by atoms with Crippen molar-refractivity contribution in [3.8, 4) is 5.75 Å². The Labute approximate surface area is 112 Å². The van der Waals surface area contributed by atoms with Crippen molar-refractivity contribution >= 4 is 0 Å². The first-order chi connectivity index (χ1) is 9.26. The predicted octanol–water partition coefficient (Wildman–Crippen LogP) is 2.93. The van der Waals surface area contributed by atoms with Crippen molar-refractivity contribution in [1.82, 2.24) is 10.3 Å². The van der Waals surface area contributed by atoms with Gasteiger partial charge in [-0.05, 0) is 36.4 Å². The van der Waals surface area contributed by atoms with Crippen LogP contribution < -0.4 is 10.1 Å². The number of ether oxygens (including phenoxy) is 1. The van der Waals surface area contributed by atoms with Crippen molar-refractivity contribution in [3.05, 3.63) is 59.7 Å². The van der Waals surface area contributed by atoms with Crippen LogP contribution in [0.15, 0.2) is 42.7 Å². The molecule has 2 aromatic rings. The minimum absolute atomic E-state index is 0.135. The van der Waals surface area contributed by atoms with Gasteiger partial charge in [0.2, 0.25) is 0 Å². The quantitative estimate of drug-likeness (QED) is 0.897. The summed E-state index contributed by atoms with van der Waals surface area (Å²) in [7, 11) is 1.59. The zero-order chi connectivity index (χ0) is 13.7. The molecule has 0 bridgehead atoms. The molecule has 1 unspecified atom stereocenters. The topological polar surface area (TPSA) is 34.2 Å². The number of hydrogen-bond acceptors (Lipinski definition) is 3. The van der Waals surface area contributed by atoms with E-state index in [0.717, 1.165) is 17.7 Å². The van der Waals surface area contributed by atoms with E-state index in [2.05, 4.69) is 10.3 Å². The number of aromatic nitrogens is 1. The summed E-state index contributed by atoms with van der Waals surface area (Å²) < 4.78 is 18.8. The highest BCUT2D eigenvalue weighted by atomic mass is 19.1. The highest BCUT2D eigenvalue weighted by molar-refractivity contribution is 5.41. The first-order valence-corrected chi connectivity index (χ1v) is 6.23. The monoisotopic (exact) mass is 260 g/mol. The number of nitrogens with zero attached hydrogens (tertiary/aromatic N) is 1. The van der Waals surface area contributed by atoms with Gasteiger partial charge in [-0.15, -0.1) is 0 Å². The van der Waals surface area contributed by atoms with Crippen LogP contribution in [-0.4, -0.2) is 18.6 Å². The molecular formula is C15H17FN2O. The van der Waals surface area contributed by atoms with Crippen molar-refractivity contribution in [1.29, 1.82) is 0 Å². The van der Waals surface area contributed by atoms with E-state index < -0.39 is 0 Å². The highest BCUT2D eigenvalue weighted by Crippen LogP contribution is 2.30. The standard InChI is InChI=1S/C15H17FN2O/c1-3-18-15(11-5-4-8-17-10-11)13-9-12(16)6-7-14(13)19-2/h4-10,15,18H,3H2,1-2H3. The van der Waals surface area contributed by atoms with Crippen LogP contribution in [0.4, 0.5) is 4.39 Å². The van der Waals surface area contributed by atoms with E-state index in [9.17, 15) is 4.39 Å². The number of pyridine rings is 1. The van der Waals surface area contributed by atoms with E-state index >= 15 is 0 Å². The van der Waals surface area contributed by atoms with Crippen molar-refractivity contribution < 1.29 is 9.13 Å². The third kappa shape index (κ3) is 3.09. The largest absolute Gasteiger partial charge is 0.496 e. The molecule has 1 aromatic carbocycles. The predicted molar refractivity (Wildman–Crippen MR) is 72.7 cm³/mol. The second kappa shape index (κ2) is 6.29. The fraction of sp³-hybridized carbons (Fsp3) is 0.267. The van der Waals surface area contributed by atoms with Gasteiger partial charge in [-0.3, -0.25) is 4.98 Å². The smallest absolute Gasteiger partial charge is 0.124 e. The first kappa shape index (κ1) is 13.5. The molecule has 0 aliphatic rings. The van der Waals surface area contributed by atoms with E-state index in [1.54, 1.807) is 25.6 Å². The van der Waals surface area contributed by atoms with Crippen molar-refractivity contribution in [2.24, 2.45) is 0 Å². The van der Waals surface area contributed by atoms with Crippen molar-refractivity contribution in [3.63, 3.8) is 0 Å². The molecule has 0 aliphatic heterocycles. The highest BCUT2D eigenvalue weighted by Gasteiger charge is 2.18. The Morgan fingerprint density at radius 2 is 2.21 bits per heavy atom. The molecule has 19 heavy (non-hydrogen) atoms. The lowest BCUT2D eigenvalue weighted by atomic mass is 9.99. The minimum Gasteiger partial charge on any atom is -0.496 e. The fourth-order valence-electron chi connectivity index (χ4n) is 2.09. The molecule has 1 N–H and O–H groups in total. The van der Waals surface area contributed by atoms with E-state index in [1.807, 2.05) is 19.1 Å². The Balaban J connectivity index is 2.47. The number of halogens is 1. The summed E-state index contributed by atoms with van der Waals surface area (Å²) in [4.78, 5) is 4.12. The van der Waals surface area contributed by atoms with Gasteiger partial charge in [-0.1, -0.05) is 13.0 Å². The molecule has 0 spiro atoms. The number of benzene rings is 1. The van der Waals surface area contributed by atoms with E-state index in [0.29, 0.717) is 5.75 Å².